The van der Waals surface area contributed by atoms with Gasteiger partial charge in [0, 0.05) is 34.5 Å². The van der Waals surface area contributed by atoms with Crippen LogP contribution in [0.2, 0.25) is 0 Å². The van der Waals surface area contributed by atoms with Crippen LogP contribution in [0.4, 0.5) is 17.1 Å². The zero-order valence-corrected chi connectivity index (χ0v) is 26.6. The lowest BCUT2D eigenvalue weighted by Gasteiger charge is -2.45. The van der Waals surface area contributed by atoms with E-state index in [1.807, 2.05) is 24.4 Å². The number of hydrogen-bond donors (Lipinski definition) is 0. The number of rotatable bonds is 5. The smallest absolute Gasteiger partial charge is 0.184 e. The second kappa shape index (κ2) is 11.1. The topological polar surface area (TPSA) is 34.0 Å². The van der Waals surface area contributed by atoms with Crippen LogP contribution in [-0.2, 0) is 0 Å². The van der Waals surface area contributed by atoms with Gasteiger partial charge in [0.1, 0.15) is 11.3 Å². The Kier molecular flexibility index (Phi) is 6.44. The zero-order chi connectivity index (χ0) is 31.2. The highest BCUT2D eigenvalue weighted by Gasteiger charge is 2.48. The van der Waals surface area contributed by atoms with Crippen LogP contribution in [-0.4, -0.2) is 22.6 Å². The summed E-state index contributed by atoms with van der Waals surface area (Å²) >= 11 is 0. The average Bonchev–Trinajstić information content (AvgIpc) is 3.55. The van der Waals surface area contributed by atoms with Gasteiger partial charge >= 0.3 is 0 Å². The van der Waals surface area contributed by atoms with Gasteiger partial charge in [-0.25, -0.2) is 9.97 Å². The molecule has 4 nitrogen and oxygen atoms in total. The lowest BCUT2D eigenvalue weighted by atomic mass is 10.1. The van der Waals surface area contributed by atoms with Crippen molar-refractivity contribution in [2.24, 2.45) is 0 Å². The van der Waals surface area contributed by atoms with E-state index in [1.165, 1.54) is 32.1 Å². The van der Waals surface area contributed by atoms with E-state index >= 15 is 0 Å². The molecule has 8 aromatic rings. The number of aromatic nitrogens is 3. The summed E-state index contributed by atoms with van der Waals surface area (Å²) in [6, 6.07) is 63.4. The molecule has 0 saturated carbocycles. The maximum absolute atomic E-state index is 5.05. The molecular formula is C42H30N4Si. The average molecular weight is 619 g/mol. The van der Waals surface area contributed by atoms with Crippen molar-refractivity contribution in [3.05, 3.63) is 182 Å². The number of para-hydroxylation sites is 3. The Hall–Kier alpha value is -6.04. The molecule has 9 rings (SSSR count). The summed E-state index contributed by atoms with van der Waals surface area (Å²) in [6.45, 7) is 0. The number of imidazole rings is 1. The lowest BCUT2D eigenvalue weighted by Crippen LogP contribution is -2.77. The van der Waals surface area contributed by atoms with Gasteiger partial charge in [0.05, 0.1) is 0 Å². The fourth-order valence-corrected chi connectivity index (χ4v) is 12.5. The predicted octanol–water partition coefficient (Wildman–Crippen LogP) is 7.25. The van der Waals surface area contributed by atoms with Crippen molar-refractivity contribution < 1.29 is 0 Å². The Morgan fingerprint density at radius 1 is 0.447 bits per heavy atom. The molecule has 0 saturated heterocycles. The molecule has 0 amide bonds. The third-order valence-electron chi connectivity index (χ3n) is 9.33. The Morgan fingerprint density at radius 3 is 1.57 bits per heavy atom. The van der Waals surface area contributed by atoms with E-state index in [1.54, 1.807) is 0 Å². The quantitative estimate of drug-likeness (QED) is 0.191. The van der Waals surface area contributed by atoms with Gasteiger partial charge < -0.3 is 4.90 Å². The molecule has 0 N–H and O–H groups in total. The van der Waals surface area contributed by atoms with Gasteiger partial charge in [-0.3, -0.25) is 4.57 Å². The van der Waals surface area contributed by atoms with Crippen LogP contribution >= 0.6 is 0 Å². The maximum Gasteiger partial charge on any atom is 0.184 e. The molecule has 0 unspecified atom stereocenters. The first kappa shape index (κ1) is 27.3. The molecule has 47 heavy (non-hydrogen) atoms. The molecule has 0 bridgehead atoms. The first-order valence-corrected chi connectivity index (χ1v) is 17.9. The van der Waals surface area contributed by atoms with E-state index in [4.69, 9.17) is 9.97 Å². The fourth-order valence-electron chi connectivity index (χ4n) is 7.38. The van der Waals surface area contributed by atoms with Crippen molar-refractivity contribution in [3.63, 3.8) is 0 Å². The first-order valence-electron chi connectivity index (χ1n) is 15.9. The van der Waals surface area contributed by atoms with Crippen LogP contribution in [0.25, 0.3) is 28.2 Å². The first-order chi connectivity index (χ1) is 23.3. The van der Waals surface area contributed by atoms with E-state index in [9.17, 15) is 0 Å². The number of hydrogen-bond acceptors (Lipinski definition) is 3. The minimum absolute atomic E-state index is 0.847. The van der Waals surface area contributed by atoms with Crippen LogP contribution < -0.4 is 25.6 Å². The monoisotopic (exact) mass is 618 g/mol. The largest absolute Gasteiger partial charge is 0.311 e. The van der Waals surface area contributed by atoms with Crippen molar-refractivity contribution >= 4 is 57.0 Å². The van der Waals surface area contributed by atoms with Crippen molar-refractivity contribution in [2.75, 3.05) is 4.90 Å². The fraction of sp³-hybridized carbons (Fsp3) is 0. The molecule has 1 aliphatic rings. The highest BCUT2D eigenvalue weighted by Crippen LogP contribution is 2.39. The van der Waals surface area contributed by atoms with Gasteiger partial charge in [0.25, 0.3) is 0 Å². The van der Waals surface area contributed by atoms with E-state index in [0.717, 1.165) is 33.9 Å². The Balaban J connectivity index is 1.24. The van der Waals surface area contributed by atoms with Crippen molar-refractivity contribution in [1.29, 1.82) is 0 Å². The predicted molar refractivity (Wildman–Crippen MR) is 196 cm³/mol. The van der Waals surface area contributed by atoms with Gasteiger partial charge in [-0.05, 0) is 81.4 Å². The normalized spacial score (nSPS) is 13.2. The summed E-state index contributed by atoms with van der Waals surface area (Å²) in [4.78, 5) is 12.2. The highest BCUT2D eigenvalue weighted by molar-refractivity contribution is 7.21. The molecule has 3 heterocycles. The summed E-state index contributed by atoms with van der Waals surface area (Å²) < 4.78 is 2.15. The van der Waals surface area contributed by atoms with E-state index < -0.39 is 8.07 Å². The Labute approximate surface area is 274 Å². The van der Waals surface area contributed by atoms with Crippen molar-refractivity contribution in [1.82, 2.24) is 14.5 Å². The van der Waals surface area contributed by atoms with Crippen molar-refractivity contribution in [3.8, 4) is 17.1 Å². The number of nitrogens with zero attached hydrogens (tertiary/aromatic N) is 4. The minimum atomic E-state index is -2.64. The Bertz CT molecular complexity index is 2260. The number of anilines is 3. The molecular weight excluding hydrogens is 589 g/mol. The summed E-state index contributed by atoms with van der Waals surface area (Å²) in [5.41, 5.74) is 7.34. The van der Waals surface area contributed by atoms with Crippen molar-refractivity contribution in [2.45, 2.75) is 0 Å². The molecule has 1 aliphatic heterocycles. The van der Waals surface area contributed by atoms with Gasteiger partial charge in [-0.15, -0.1) is 0 Å². The maximum atomic E-state index is 5.05. The third-order valence-corrected chi connectivity index (χ3v) is 14.2. The molecule has 2 aromatic heterocycles. The summed E-state index contributed by atoms with van der Waals surface area (Å²) in [6.07, 6.45) is 1.83. The molecule has 6 aromatic carbocycles. The molecule has 0 fully saturated rings. The number of pyridine rings is 1. The van der Waals surface area contributed by atoms with Gasteiger partial charge in [0.15, 0.2) is 13.7 Å². The lowest BCUT2D eigenvalue weighted by molar-refractivity contribution is 1.08. The molecule has 222 valence electrons. The molecule has 0 radical (unpaired) electrons. The Morgan fingerprint density at radius 2 is 0.979 bits per heavy atom. The van der Waals surface area contributed by atoms with Gasteiger partial charge in [0.2, 0.25) is 0 Å². The number of benzene rings is 6. The van der Waals surface area contributed by atoms with Crippen LogP contribution in [0.15, 0.2) is 182 Å². The van der Waals surface area contributed by atoms with Crippen LogP contribution in [0, 0.1) is 0 Å². The summed E-state index contributed by atoms with van der Waals surface area (Å²) in [5, 5.41) is 5.54. The third kappa shape index (κ3) is 4.21. The van der Waals surface area contributed by atoms with Gasteiger partial charge in [-0.1, -0.05) is 115 Å². The molecule has 0 spiro atoms. The summed E-state index contributed by atoms with van der Waals surface area (Å²) in [5.74, 6) is 0.871. The minimum Gasteiger partial charge on any atom is -0.311 e. The van der Waals surface area contributed by atoms with E-state index in [-0.39, 0.29) is 0 Å². The molecule has 5 heteroatoms. The van der Waals surface area contributed by atoms with Crippen LogP contribution in [0.1, 0.15) is 0 Å². The standard InChI is InChI=1S/C42H30N4Si/c1-4-15-32(16-5-1)46-41(44-36-21-14-30-43-42(36)46)31-26-28-33(29-27-31)45-37-22-10-12-24-39(37)47(34-17-6-2-7-18-34,35-19-8-3-9-20-35)40-25-13-11-23-38(40)45/h1-30H. The molecule has 0 atom stereocenters. The summed E-state index contributed by atoms with van der Waals surface area (Å²) in [7, 11) is -2.64. The van der Waals surface area contributed by atoms with Gasteiger partial charge in [-0.2, -0.15) is 0 Å². The second-order valence-corrected chi connectivity index (χ2v) is 15.6. The van der Waals surface area contributed by atoms with Crippen LogP contribution in [0.3, 0.4) is 0 Å². The number of fused-ring (bicyclic) bond motifs is 3. The van der Waals surface area contributed by atoms with E-state index in [2.05, 4.69) is 167 Å². The molecule has 0 aliphatic carbocycles. The zero-order valence-electron chi connectivity index (χ0n) is 25.6. The highest BCUT2D eigenvalue weighted by atomic mass is 28.3. The van der Waals surface area contributed by atoms with E-state index in [0.29, 0.717) is 0 Å². The second-order valence-electron chi connectivity index (χ2n) is 11.9. The SMILES string of the molecule is c1ccc(-n2c(-c3ccc(N4c5ccccc5[Si](c5ccccc5)(c5ccccc5)c5ccccc54)cc3)nc3cccnc32)cc1. The van der Waals surface area contributed by atoms with Crippen LogP contribution in [0.5, 0.6) is 0 Å².